The van der Waals surface area contributed by atoms with Crippen molar-refractivity contribution in [1.29, 1.82) is 0 Å². The van der Waals surface area contributed by atoms with E-state index in [1.54, 1.807) is 16.8 Å². The maximum Gasteiger partial charge on any atom is 0.273 e. The highest BCUT2D eigenvalue weighted by Gasteiger charge is 2.17. The monoisotopic (exact) mass is 420 g/mol. The highest BCUT2D eigenvalue weighted by atomic mass is 35.5. The lowest BCUT2D eigenvalue weighted by atomic mass is 10.3. The van der Waals surface area contributed by atoms with E-state index >= 15 is 0 Å². The molecule has 0 aliphatic carbocycles. The molecular weight excluding hydrogens is 404 g/mol. The van der Waals surface area contributed by atoms with Gasteiger partial charge in [-0.1, -0.05) is 48.0 Å². The maximum absolute atomic E-state index is 12.9. The molecule has 0 saturated heterocycles. The van der Waals surface area contributed by atoms with E-state index in [0.717, 1.165) is 11.4 Å². The van der Waals surface area contributed by atoms with Gasteiger partial charge >= 0.3 is 0 Å². The maximum atomic E-state index is 12.9. The van der Waals surface area contributed by atoms with Crippen molar-refractivity contribution in [2.24, 2.45) is 0 Å². The number of hydrogen-bond acceptors (Lipinski definition) is 3. The number of thiocarbonyl (C=S) groups is 1. The van der Waals surface area contributed by atoms with Gasteiger partial charge in [0.1, 0.15) is 5.82 Å². The first kappa shape index (κ1) is 19.0. The molecule has 29 heavy (non-hydrogen) atoms. The number of hydrogen-bond donors (Lipinski definition) is 2. The van der Waals surface area contributed by atoms with Gasteiger partial charge < -0.3 is 10.6 Å². The SMILES string of the molecule is O=c1cc(Nc2ccccc2)n(C(=S)Nc2ccc(Cl)cc2)n1-c1ccccc1. The average Bonchev–Trinajstić information content (AvgIpc) is 3.07. The number of rotatable bonds is 4. The normalized spacial score (nSPS) is 10.5. The minimum atomic E-state index is -0.199. The molecule has 5 nitrogen and oxygen atoms in total. The zero-order valence-corrected chi connectivity index (χ0v) is 16.8. The first-order valence-electron chi connectivity index (χ1n) is 8.91. The second-order valence-corrected chi connectivity index (χ2v) is 7.08. The highest BCUT2D eigenvalue weighted by Crippen LogP contribution is 2.19. The fourth-order valence-electron chi connectivity index (χ4n) is 2.93. The molecule has 3 aromatic carbocycles. The van der Waals surface area contributed by atoms with Crippen molar-refractivity contribution in [3.63, 3.8) is 0 Å². The molecule has 2 N–H and O–H groups in total. The fraction of sp³-hybridized carbons (Fsp3) is 0. The largest absolute Gasteiger partial charge is 0.340 e. The quantitative estimate of drug-likeness (QED) is 0.441. The van der Waals surface area contributed by atoms with Crippen LogP contribution in [0.4, 0.5) is 17.2 Å². The van der Waals surface area contributed by atoms with Crippen LogP contribution in [0.2, 0.25) is 5.02 Å². The topological polar surface area (TPSA) is 51.0 Å². The summed E-state index contributed by atoms with van der Waals surface area (Å²) in [5, 5.41) is 7.42. The van der Waals surface area contributed by atoms with Crippen molar-refractivity contribution in [3.05, 3.63) is 106 Å². The Bertz CT molecular complexity index is 1190. The molecule has 0 aliphatic heterocycles. The van der Waals surface area contributed by atoms with Crippen LogP contribution >= 0.6 is 23.8 Å². The Balaban J connectivity index is 1.79. The minimum absolute atomic E-state index is 0.199. The third-order valence-corrected chi connectivity index (χ3v) is 4.76. The Morgan fingerprint density at radius 3 is 2.10 bits per heavy atom. The van der Waals surface area contributed by atoms with Gasteiger partial charge in [-0.2, -0.15) is 0 Å². The van der Waals surface area contributed by atoms with E-state index in [9.17, 15) is 4.79 Å². The summed E-state index contributed by atoms with van der Waals surface area (Å²) >= 11 is 11.6. The van der Waals surface area contributed by atoms with Crippen molar-refractivity contribution in [1.82, 2.24) is 9.36 Å². The lowest BCUT2D eigenvalue weighted by Gasteiger charge is -2.18. The molecule has 0 saturated carbocycles. The number of nitrogens with one attached hydrogen (secondary N) is 2. The first-order valence-corrected chi connectivity index (χ1v) is 9.70. The lowest BCUT2D eigenvalue weighted by molar-refractivity contribution is 0.769. The van der Waals surface area contributed by atoms with Crippen molar-refractivity contribution in [2.75, 3.05) is 10.6 Å². The number of halogens is 1. The summed E-state index contributed by atoms with van der Waals surface area (Å²) in [7, 11) is 0. The summed E-state index contributed by atoms with van der Waals surface area (Å²) in [4.78, 5) is 12.9. The molecule has 4 rings (SSSR count). The van der Waals surface area contributed by atoms with Crippen LogP contribution in [0.3, 0.4) is 0 Å². The second-order valence-electron chi connectivity index (χ2n) is 6.26. The Kier molecular flexibility index (Phi) is 5.46. The van der Waals surface area contributed by atoms with Crippen LogP contribution in [-0.2, 0) is 0 Å². The van der Waals surface area contributed by atoms with E-state index in [2.05, 4.69) is 10.6 Å². The molecule has 0 amide bonds. The predicted octanol–water partition coefficient (Wildman–Crippen LogP) is 5.28. The van der Waals surface area contributed by atoms with Crippen LogP contribution in [0.25, 0.3) is 5.69 Å². The number of aromatic nitrogens is 2. The van der Waals surface area contributed by atoms with Gasteiger partial charge in [-0.25, -0.2) is 9.36 Å². The van der Waals surface area contributed by atoms with Crippen molar-refractivity contribution in [3.8, 4) is 5.69 Å². The molecule has 0 spiro atoms. The van der Waals surface area contributed by atoms with E-state index in [-0.39, 0.29) is 5.56 Å². The van der Waals surface area contributed by atoms with E-state index in [4.69, 9.17) is 23.8 Å². The zero-order chi connectivity index (χ0) is 20.2. The molecule has 1 heterocycles. The summed E-state index contributed by atoms with van der Waals surface area (Å²) in [6, 6.07) is 27.7. The summed E-state index contributed by atoms with van der Waals surface area (Å²) in [5.41, 5.74) is 2.13. The van der Waals surface area contributed by atoms with Crippen LogP contribution in [-0.4, -0.2) is 14.5 Å². The number of para-hydroxylation sites is 2. The van der Waals surface area contributed by atoms with Crippen molar-refractivity contribution in [2.45, 2.75) is 0 Å². The van der Waals surface area contributed by atoms with Crippen LogP contribution in [0.15, 0.2) is 95.8 Å². The number of benzene rings is 3. The van der Waals surface area contributed by atoms with Crippen molar-refractivity contribution < 1.29 is 0 Å². The summed E-state index contributed by atoms with van der Waals surface area (Å²) in [6.07, 6.45) is 0. The average molecular weight is 421 g/mol. The van der Waals surface area contributed by atoms with Gasteiger partial charge in [0.05, 0.1) is 5.69 Å². The molecule has 0 bridgehead atoms. The molecule has 0 aliphatic rings. The smallest absolute Gasteiger partial charge is 0.273 e. The Labute approximate surface area is 178 Å². The molecule has 7 heteroatoms. The minimum Gasteiger partial charge on any atom is -0.340 e. The molecule has 144 valence electrons. The standard InChI is InChI=1S/C22H17ClN4OS/c23-16-11-13-18(14-12-16)25-22(29)27-20(24-17-7-3-1-4-8-17)15-21(28)26(27)19-9-5-2-6-10-19/h1-15,24H,(H,25,29). The van der Waals surface area contributed by atoms with Gasteiger partial charge in [-0.05, 0) is 60.7 Å². The molecular formula is C22H17ClN4OS. The third kappa shape index (κ3) is 4.23. The van der Waals surface area contributed by atoms with Gasteiger partial charge in [0.25, 0.3) is 5.56 Å². The first-order chi connectivity index (χ1) is 14.1. The number of anilines is 3. The molecule has 0 radical (unpaired) electrons. The Morgan fingerprint density at radius 2 is 1.45 bits per heavy atom. The van der Waals surface area contributed by atoms with E-state index in [0.29, 0.717) is 21.6 Å². The van der Waals surface area contributed by atoms with Gasteiger partial charge in [-0.3, -0.25) is 4.79 Å². The Morgan fingerprint density at radius 1 is 0.828 bits per heavy atom. The fourth-order valence-corrected chi connectivity index (χ4v) is 3.35. The third-order valence-electron chi connectivity index (χ3n) is 4.23. The zero-order valence-electron chi connectivity index (χ0n) is 15.2. The molecule has 1 aromatic heterocycles. The summed E-state index contributed by atoms with van der Waals surface area (Å²) in [5.74, 6) is 0.552. The summed E-state index contributed by atoms with van der Waals surface area (Å²) < 4.78 is 3.17. The van der Waals surface area contributed by atoms with Crippen molar-refractivity contribution >= 4 is 46.1 Å². The lowest BCUT2D eigenvalue weighted by Crippen LogP contribution is -2.30. The van der Waals surface area contributed by atoms with Gasteiger partial charge in [0, 0.05) is 22.5 Å². The molecule has 0 fully saturated rings. The molecule has 4 aromatic rings. The van der Waals surface area contributed by atoms with E-state index in [1.807, 2.05) is 72.8 Å². The van der Waals surface area contributed by atoms with E-state index in [1.165, 1.54) is 10.7 Å². The molecule has 0 atom stereocenters. The van der Waals surface area contributed by atoms with Crippen LogP contribution < -0.4 is 16.2 Å². The molecule has 0 unspecified atom stereocenters. The van der Waals surface area contributed by atoms with E-state index < -0.39 is 0 Å². The number of nitrogens with zero attached hydrogens (tertiary/aromatic N) is 2. The van der Waals surface area contributed by atoms with Gasteiger partial charge in [-0.15, -0.1) is 0 Å². The highest BCUT2D eigenvalue weighted by molar-refractivity contribution is 7.80. The van der Waals surface area contributed by atoms with Crippen LogP contribution in [0.5, 0.6) is 0 Å². The van der Waals surface area contributed by atoms with Gasteiger partial charge in [0.2, 0.25) is 0 Å². The summed E-state index contributed by atoms with van der Waals surface area (Å²) in [6.45, 7) is 0. The van der Waals surface area contributed by atoms with Crippen LogP contribution in [0.1, 0.15) is 0 Å². The van der Waals surface area contributed by atoms with Crippen LogP contribution in [0, 0.1) is 0 Å². The predicted molar refractivity (Wildman–Crippen MR) is 123 cm³/mol. The Hall–Kier alpha value is -3.35. The second kappa shape index (κ2) is 8.34. The van der Waals surface area contributed by atoms with Gasteiger partial charge in [0.15, 0.2) is 5.11 Å².